The van der Waals surface area contributed by atoms with Crippen LogP contribution in [0.15, 0.2) is 0 Å². The maximum Gasteiger partial charge on any atom is 0.326 e. The molecule has 0 radical (unpaired) electrons. The molecule has 0 aromatic heterocycles. The fourth-order valence-electron chi connectivity index (χ4n) is 4.12. The Morgan fingerprint density at radius 3 is 1.27 bits per heavy atom. The summed E-state index contributed by atoms with van der Waals surface area (Å²) < 4.78 is 0. The second-order valence-electron chi connectivity index (χ2n) is 11.9. The van der Waals surface area contributed by atoms with Crippen molar-refractivity contribution >= 4 is 53.2 Å². The number of carbonyl (C=O) groups excluding carboxylic acids is 8. The van der Waals surface area contributed by atoms with Gasteiger partial charge in [-0.15, -0.1) is 0 Å². The number of nitrogens with one attached hydrogen (secondary N) is 6. The fraction of sp³-hybridized carbons (Fsp3) is 0.679. The van der Waals surface area contributed by atoms with E-state index in [9.17, 15) is 63.6 Å². The number of hydrogen-bond acceptors (Lipinski definition) is 14. The molecule has 23 nitrogen and oxygen atoms in total. The molecule has 9 atom stereocenters. The Bertz CT molecular complexity index is 1280. The molecule has 0 aliphatic heterocycles. The lowest BCUT2D eigenvalue weighted by Crippen LogP contribution is -2.64. The van der Waals surface area contributed by atoms with Gasteiger partial charge in [0, 0.05) is 6.42 Å². The van der Waals surface area contributed by atoms with Crippen LogP contribution >= 0.6 is 0 Å². The van der Waals surface area contributed by atoms with Crippen LogP contribution in [0.25, 0.3) is 0 Å². The molecule has 0 rings (SSSR count). The van der Waals surface area contributed by atoms with Crippen molar-refractivity contribution in [1.82, 2.24) is 31.9 Å². The number of nitrogens with two attached hydrogens (primary N) is 3. The zero-order valence-electron chi connectivity index (χ0n) is 28.5. The summed E-state index contributed by atoms with van der Waals surface area (Å²) in [7, 11) is 0. The third kappa shape index (κ3) is 16.1. The number of rotatable bonds is 23. The predicted octanol–water partition coefficient (Wildman–Crippen LogP) is -8.15. The number of aliphatic hydroxyl groups excluding tert-OH is 4. The molecule has 51 heavy (non-hydrogen) atoms. The summed E-state index contributed by atoms with van der Waals surface area (Å²) in [6.07, 6.45) is -4.45. The lowest BCUT2D eigenvalue weighted by molar-refractivity contribution is -0.144. The van der Waals surface area contributed by atoms with Crippen molar-refractivity contribution in [3.05, 3.63) is 0 Å². The monoisotopic (exact) mass is 735 g/mol. The highest BCUT2D eigenvalue weighted by atomic mass is 16.4. The molecule has 0 aromatic carbocycles. The van der Waals surface area contributed by atoms with Crippen LogP contribution in [0.4, 0.5) is 0 Å². The highest BCUT2D eigenvalue weighted by Gasteiger charge is 2.36. The largest absolute Gasteiger partial charge is 0.480 e. The number of primary amides is 2. The average Bonchev–Trinajstić information content (AvgIpc) is 3.03. The Hall–Kier alpha value is -4.97. The Balaban J connectivity index is 5.77. The lowest BCUT2D eigenvalue weighted by atomic mass is 10.0. The minimum Gasteiger partial charge on any atom is -0.480 e. The summed E-state index contributed by atoms with van der Waals surface area (Å²) in [4.78, 5) is 110. The predicted molar refractivity (Wildman–Crippen MR) is 172 cm³/mol. The number of amides is 8. The van der Waals surface area contributed by atoms with E-state index in [1.165, 1.54) is 0 Å². The topological polar surface area (TPSA) is 405 Å². The molecule has 290 valence electrons. The van der Waals surface area contributed by atoms with Gasteiger partial charge in [-0.2, -0.15) is 0 Å². The second-order valence-corrected chi connectivity index (χ2v) is 11.9. The molecule has 23 heteroatoms. The Labute approximate surface area is 291 Å². The van der Waals surface area contributed by atoms with E-state index in [0.29, 0.717) is 0 Å². The van der Waals surface area contributed by atoms with E-state index in [4.69, 9.17) is 22.3 Å². The maximum absolute atomic E-state index is 13.2. The van der Waals surface area contributed by atoms with Crippen molar-refractivity contribution in [3.8, 4) is 0 Å². The summed E-state index contributed by atoms with van der Waals surface area (Å²) in [5.74, 6) is -10.8. The van der Waals surface area contributed by atoms with Crippen LogP contribution in [-0.2, 0) is 43.2 Å². The van der Waals surface area contributed by atoms with E-state index < -0.39 is 133 Å². The molecule has 17 N–H and O–H groups in total. The summed E-state index contributed by atoms with van der Waals surface area (Å²) in [5, 5.41) is 61.6. The summed E-state index contributed by atoms with van der Waals surface area (Å²) >= 11 is 0. The number of carboxylic acids is 1. The molecule has 0 aliphatic carbocycles. The SMILES string of the molecule is CC(C)[C@H](NC(=O)[C@@H](N)CCC(N)=O)C(=O)N[C@H](C(=O)N[C@H](C(=O)N[C@@H](CO)C(=O)N[C@@H](CO)C(=O)N[C@@H](CC(N)=O)C(=O)O)[C@@H](C)O)[C@@H](C)O. The Morgan fingerprint density at radius 1 is 0.549 bits per heavy atom. The first kappa shape index (κ1) is 46.0. The molecule has 0 aromatic rings. The van der Waals surface area contributed by atoms with Crippen molar-refractivity contribution in [2.45, 2.75) is 101 Å². The third-order valence-corrected chi connectivity index (χ3v) is 7.06. The minimum absolute atomic E-state index is 0.114. The molecule has 0 spiro atoms. The van der Waals surface area contributed by atoms with Crippen molar-refractivity contribution in [1.29, 1.82) is 0 Å². The van der Waals surface area contributed by atoms with Crippen LogP contribution in [0.5, 0.6) is 0 Å². The third-order valence-electron chi connectivity index (χ3n) is 7.06. The summed E-state index contributed by atoms with van der Waals surface area (Å²) in [5.41, 5.74) is 15.8. The average molecular weight is 736 g/mol. The van der Waals surface area contributed by atoms with Gasteiger partial charge in [-0.25, -0.2) is 4.79 Å². The smallest absolute Gasteiger partial charge is 0.326 e. The molecule has 8 amide bonds. The first-order chi connectivity index (χ1) is 23.6. The highest BCUT2D eigenvalue weighted by molar-refractivity contribution is 5.97. The zero-order valence-corrected chi connectivity index (χ0v) is 28.5. The van der Waals surface area contributed by atoms with E-state index in [2.05, 4.69) is 16.0 Å². The van der Waals surface area contributed by atoms with Crippen LogP contribution < -0.4 is 49.1 Å². The van der Waals surface area contributed by atoms with Crippen molar-refractivity contribution < 1.29 is 68.7 Å². The van der Waals surface area contributed by atoms with Gasteiger partial charge in [-0.05, 0) is 26.2 Å². The standard InChI is InChI=1S/C28H49N9O14/c1-10(2)19(35-22(44)13(29)5-6-17(30)42)25(47)36-21(12(4)41)27(49)37-20(11(3)40)26(48)34-16(9-39)24(46)33-15(8-38)23(45)32-14(28(50)51)7-18(31)43/h10-16,19-21,38-41H,5-9,29H2,1-4H3,(H2,30,42)(H2,31,43)(H,32,45)(H,33,46)(H,34,48)(H,35,44)(H,36,47)(H,37,49)(H,50,51)/t11-,12-,13+,14+,15+,16+,19+,20+,21+/m1/s1. The molecule has 0 saturated carbocycles. The van der Waals surface area contributed by atoms with E-state index in [-0.39, 0.29) is 12.8 Å². The molecule has 0 aliphatic rings. The van der Waals surface area contributed by atoms with Gasteiger partial charge in [0.2, 0.25) is 47.3 Å². The van der Waals surface area contributed by atoms with E-state index in [0.717, 1.165) is 13.8 Å². The number of hydrogen-bond donors (Lipinski definition) is 14. The van der Waals surface area contributed by atoms with Crippen molar-refractivity contribution in [2.75, 3.05) is 13.2 Å². The quantitative estimate of drug-likeness (QED) is 0.0463. The van der Waals surface area contributed by atoms with Gasteiger partial charge in [0.1, 0.15) is 36.3 Å². The number of carboxylic acid groups (broad SMARTS) is 1. The molecular weight excluding hydrogens is 686 g/mol. The van der Waals surface area contributed by atoms with E-state index in [1.807, 2.05) is 16.0 Å². The minimum atomic E-state index is -1.89. The first-order valence-electron chi connectivity index (χ1n) is 15.5. The van der Waals surface area contributed by atoms with Crippen molar-refractivity contribution in [2.24, 2.45) is 23.1 Å². The Morgan fingerprint density at radius 2 is 0.922 bits per heavy atom. The second kappa shape index (κ2) is 22.0. The van der Waals surface area contributed by atoms with Crippen molar-refractivity contribution in [3.63, 3.8) is 0 Å². The van der Waals surface area contributed by atoms with Gasteiger partial charge >= 0.3 is 5.97 Å². The molecular formula is C28H49N9O14. The van der Waals surface area contributed by atoms with Gasteiger partial charge < -0.3 is 74.6 Å². The summed E-state index contributed by atoms with van der Waals surface area (Å²) in [6.45, 7) is 3.02. The Kier molecular flexibility index (Phi) is 19.8. The number of aliphatic hydroxyl groups is 4. The summed E-state index contributed by atoms with van der Waals surface area (Å²) in [6, 6.07) is -11.7. The van der Waals surface area contributed by atoms with Gasteiger partial charge in [0.25, 0.3) is 0 Å². The van der Waals surface area contributed by atoms with E-state index in [1.54, 1.807) is 13.8 Å². The number of carbonyl (C=O) groups is 9. The molecule has 0 fully saturated rings. The van der Waals surface area contributed by atoms with Crippen LogP contribution in [0, 0.1) is 5.92 Å². The molecule has 0 bridgehead atoms. The van der Waals surface area contributed by atoms with E-state index >= 15 is 0 Å². The van der Waals surface area contributed by atoms with Gasteiger partial charge in [0.15, 0.2) is 0 Å². The van der Waals surface area contributed by atoms with Gasteiger partial charge in [-0.1, -0.05) is 13.8 Å². The van der Waals surface area contributed by atoms with Crippen LogP contribution in [0.2, 0.25) is 0 Å². The normalized spacial score (nSPS) is 16.4. The zero-order chi connectivity index (χ0) is 39.7. The lowest BCUT2D eigenvalue weighted by Gasteiger charge is -2.29. The van der Waals surface area contributed by atoms with Crippen LogP contribution in [0.3, 0.4) is 0 Å². The van der Waals surface area contributed by atoms with Gasteiger partial charge in [-0.3, -0.25) is 38.4 Å². The molecule has 0 saturated heterocycles. The molecule has 0 unspecified atom stereocenters. The molecule has 0 heterocycles. The van der Waals surface area contributed by atoms with Crippen LogP contribution in [-0.4, -0.2) is 146 Å². The number of aliphatic carboxylic acids is 1. The fourth-order valence-corrected chi connectivity index (χ4v) is 4.12. The highest BCUT2D eigenvalue weighted by Crippen LogP contribution is 2.07. The maximum atomic E-state index is 13.2. The van der Waals surface area contributed by atoms with Gasteiger partial charge in [0.05, 0.1) is 37.9 Å². The van der Waals surface area contributed by atoms with Crippen LogP contribution in [0.1, 0.15) is 47.0 Å². The first-order valence-corrected chi connectivity index (χ1v) is 15.5.